The van der Waals surface area contributed by atoms with Crippen molar-refractivity contribution in [2.45, 2.75) is 6.92 Å². The fourth-order valence-electron chi connectivity index (χ4n) is 9.61. The lowest BCUT2D eigenvalue weighted by molar-refractivity contribution is 0.329. The molecular weight excluding hydrogens is 1040 g/mol. The van der Waals surface area contributed by atoms with Gasteiger partial charge in [-0.1, -0.05) is 5.46 Å². The van der Waals surface area contributed by atoms with Crippen LogP contribution in [-0.2, 0) is 0 Å². The molecule has 4 aromatic heterocycles. The molecule has 0 spiro atoms. The molecular formula is C46H27BN4O24S. The number of fused-ring (bicyclic) bond motifs is 9. The minimum Gasteiger partial charge on any atom is -0.506 e. The first-order chi connectivity index (χ1) is 35.6. The molecule has 2 radical (unpaired) electrons. The predicted octanol–water partition coefficient (Wildman–Crippen LogP) is 4.09. The van der Waals surface area contributed by atoms with Crippen LogP contribution in [0.25, 0.3) is 104 Å². The lowest BCUT2D eigenvalue weighted by Gasteiger charge is -2.19. The van der Waals surface area contributed by atoms with Crippen molar-refractivity contribution in [2.75, 3.05) is 0 Å². The summed E-state index contributed by atoms with van der Waals surface area (Å²) >= 11 is 0.452. The van der Waals surface area contributed by atoms with Gasteiger partial charge in [-0.25, -0.2) is 15.0 Å². The average molecular weight is 1060 g/mol. The molecule has 0 bridgehead atoms. The van der Waals surface area contributed by atoms with Crippen molar-refractivity contribution < 1.29 is 123 Å². The normalized spacial score (nSPS) is 12.0. The number of hydrogen-bond acceptors (Lipinski definition) is 28. The maximum absolute atomic E-state index is 12.5. The van der Waals surface area contributed by atoms with Crippen molar-refractivity contribution in [1.82, 2.24) is 19.4 Å². The van der Waals surface area contributed by atoms with Crippen molar-refractivity contribution >= 4 is 82.9 Å². The largest absolute Gasteiger partial charge is 0.506 e. The Bertz CT molecular complexity index is 4470. The quantitative estimate of drug-likeness (QED) is 0.0670. The van der Waals surface area contributed by atoms with Crippen LogP contribution in [0.4, 0.5) is 0 Å². The molecule has 0 aliphatic carbocycles. The molecule has 0 aliphatic heterocycles. The van der Waals surface area contributed by atoms with E-state index < -0.39 is 221 Å². The van der Waals surface area contributed by atoms with Gasteiger partial charge in [-0.05, 0) is 6.92 Å². The molecule has 11 aromatic rings. The summed E-state index contributed by atoms with van der Waals surface area (Å²) in [5.74, 6) is -37.3. The summed E-state index contributed by atoms with van der Waals surface area (Å²) in [4.78, 5) is 11.5. The van der Waals surface area contributed by atoms with Gasteiger partial charge < -0.3 is 127 Å². The second kappa shape index (κ2) is 14.7. The van der Waals surface area contributed by atoms with Crippen molar-refractivity contribution in [3.05, 3.63) is 5.56 Å². The number of rotatable bonds is 4. The highest BCUT2D eigenvalue weighted by atomic mass is 32.1. The molecule has 76 heavy (non-hydrogen) atoms. The Morgan fingerprint density at radius 2 is 0.605 bits per heavy atom. The Kier molecular flexibility index (Phi) is 9.14. The summed E-state index contributed by atoms with van der Waals surface area (Å²) in [7, 11) is 6.75. The molecule has 7 aromatic carbocycles. The van der Waals surface area contributed by atoms with Crippen molar-refractivity contribution in [1.29, 1.82) is 0 Å². The Morgan fingerprint density at radius 1 is 0.276 bits per heavy atom. The first kappa shape index (κ1) is 47.2. The summed E-state index contributed by atoms with van der Waals surface area (Å²) < 4.78 is 0.130. The molecule has 11 rings (SSSR count). The average Bonchev–Trinajstić information content (AvgIpc) is 4.10. The molecule has 0 fully saturated rings. The lowest BCUT2D eigenvalue weighted by Crippen LogP contribution is -2.04. The zero-order valence-electron chi connectivity index (χ0n) is 37.0. The number of benzene rings is 7. The topological polar surface area (TPSA) is 529 Å². The zero-order valence-corrected chi connectivity index (χ0v) is 37.8. The predicted molar refractivity (Wildman–Crippen MR) is 259 cm³/mol. The van der Waals surface area contributed by atoms with E-state index >= 15 is 0 Å². The number of phenols is 24. The van der Waals surface area contributed by atoms with E-state index in [1.165, 1.54) is 6.92 Å². The van der Waals surface area contributed by atoms with Crippen LogP contribution in [0.5, 0.6) is 138 Å². The number of hydrogen-bond donors (Lipinski definition) is 24. The van der Waals surface area contributed by atoms with Crippen molar-refractivity contribution in [2.24, 2.45) is 0 Å². The van der Waals surface area contributed by atoms with Gasteiger partial charge in [-0.2, -0.15) is 0 Å². The summed E-state index contributed by atoms with van der Waals surface area (Å²) in [5.41, 5.74) is -8.43. The third-order valence-corrected chi connectivity index (χ3v) is 14.4. The molecule has 28 nitrogen and oxygen atoms in total. The number of aryl methyl sites for hydroxylation is 1. The van der Waals surface area contributed by atoms with Gasteiger partial charge in [0.2, 0.25) is 51.7 Å². The smallest absolute Gasteiger partial charge is 0.208 e. The summed E-state index contributed by atoms with van der Waals surface area (Å²) in [6, 6.07) is 0. The van der Waals surface area contributed by atoms with Gasteiger partial charge in [0.05, 0.1) is 43.0 Å². The highest BCUT2D eigenvalue weighted by Gasteiger charge is 2.39. The molecule has 0 amide bonds. The second-order valence-electron chi connectivity index (χ2n) is 17.0. The zero-order chi connectivity index (χ0) is 55.4. The molecule has 30 heteroatoms. The van der Waals surface area contributed by atoms with E-state index in [9.17, 15) is 123 Å². The molecule has 24 N–H and O–H groups in total. The van der Waals surface area contributed by atoms with E-state index in [0.29, 0.717) is 11.3 Å². The van der Waals surface area contributed by atoms with E-state index in [1.54, 1.807) is 0 Å². The monoisotopic (exact) mass is 1060 g/mol. The third kappa shape index (κ3) is 5.30. The first-order valence-corrected chi connectivity index (χ1v) is 21.6. The fourth-order valence-corrected chi connectivity index (χ4v) is 10.8. The number of aromatic hydroxyl groups is 24. The van der Waals surface area contributed by atoms with Crippen LogP contribution in [0.1, 0.15) is 5.56 Å². The SMILES string of the molecule is [B]c1c2sc3c(O)c(O)c(-c4c(O)c(O)c(O)c(-c5nc(-c6c(O)c(O)c(O)c(O)c6O)nc(-c6c(O)c(O)c(O)c(O)c6O)n5)c4O)c(O)c3c2c(O)c2c1c1c(O)c(O)c(C)c3c4c(O)c(O)c(O)c(O)c4n2c31. The third-order valence-electron chi connectivity index (χ3n) is 13.2. The molecule has 0 saturated heterocycles. The highest BCUT2D eigenvalue weighted by Crippen LogP contribution is 2.65. The van der Waals surface area contributed by atoms with Gasteiger partial charge in [0.1, 0.15) is 47.3 Å². The Hall–Kier alpha value is -11.2. The van der Waals surface area contributed by atoms with Crippen LogP contribution in [0.15, 0.2) is 0 Å². The number of nitrogens with zero attached hydrogens (tertiary/aromatic N) is 4. The van der Waals surface area contributed by atoms with Gasteiger partial charge >= 0.3 is 0 Å². The summed E-state index contributed by atoms with van der Waals surface area (Å²) in [6.07, 6.45) is 0. The standard InChI is InChI=1S/C46H27BN4O24S/c1-2-3-5-17(31(65)38(72)33(67)23(5)57)51-15(3)6(22(56)18(2)52)4-14(47)42-10(21(55)16(4)51)9-19(53)7(25(59)41(75)43(9)76-42)8-20(54)11(26(60)32(66)24(8)58)44-48-45(12-27(61)34(68)39(73)35(69)28(12)62)50-46(49-44)13-29(63)36(70)40(74)37(71)30(13)64/h52-75H,1H3. The van der Waals surface area contributed by atoms with E-state index in [-0.39, 0.29) is 31.9 Å². The van der Waals surface area contributed by atoms with E-state index in [4.69, 9.17) is 7.85 Å². The van der Waals surface area contributed by atoms with Gasteiger partial charge in [0, 0.05) is 26.4 Å². The lowest BCUT2D eigenvalue weighted by atomic mass is 9.87. The maximum Gasteiger partial charge on any atom is 0.208 e. The second-order valence-corrected chi connectivity index (χ2v) is 18.0. The number of thiophene rings is 1. The molecule has 384 valence electrons. The molecule has 0 unspecified atom stereocenters. The molecule has 4 heterocycles. The van der Waals surface area contributed by atoms with Gasteiger partial charge in [0.25, 0.3) is 0 Å². The minimum atomic E-state index is -1.70. The van der Waals surface area contributed by atoms with Gasteiger partial charge in [-0.15, -0.1) is 11.3 Å². The minimum absolute atomic E-state index is 0.160. The fraction of sp³-hybridized carbons (Fsp3) is 0.0217. The number of aromatic nitrogens is 4. The Balaban J connectivity index is 1.27. The first-order valence-electron chi connectivity index (χ1n) is 20.8. The maximum atomic E-state index is 12.5. The van der Waals surface area contributed by atoms with E-state index in [2.05, 4.69) is 15.0 Å². The van der Waals surface area contributed by atoms with Crippen LogP contribution < -0.4 is 5.46 Å². The van der Waals surface area contributed by atoms with Crippen LogP contribution in [0.3, 0.4) is 0 Å². The van der Waals surface area contributed by atoms with Crippen LogP contribution in [-0.4, -0.2) is 150 Å². The highest BCUT2D eigenvalue weighted by molar-refractivity contribution is 7.27. The molecule has 0 aliphatic rings. The van der Waals surface area contributed by atoms with Crippen LogP contribution >= 0.6 is 11.3 Å². The van der Waals surface area contributed by atoms with Crippen molar-refractivity contribution in [3.8, 4) is 183 Å². The summed E-state index contributed by atoms with van der Waals surface area (Å²) in [5, 5.41) is 263. The van der Waals surface area contributed by atoms with Gasteiger partial charge in [0.15, 0.2) is 86.5 Å². The van der Waals surface area contributed by atoms with E-state index in [1.807, 2.05) is 0 Å². The molecule has 0 atom stereocenters. The summed E-state index contributed by atoms with van der Waals surface area (Å²) in [6.45, 7) is 1.27. The Labute approximate surface area is 419 Å². The van der Waals surface area contributed by atoms with Crippen LogP contribution in [0, 0.1) is 6.92 Å². The van der Waals surface area contributed by atoms with Crippen molar-refractivity contribution in [3.63, 3.8) is 0 Å². The van der Waals surface area contributed by atoms with E-state index in [0.717, 1.165) is 4.40 Å². The Morgan fingerprint density at radius 3 is 1.09 bits per heavy atom. The molecule has 0 saturated carbocycles. The number of phenolic OH excluding ortho intramolecular Hbond substituents is 24. The van der Waals surface area contributed by atoms with Gasteiger partial charge in [-0.3, -0.25) is 0 Å². The van der Waals surface area contributed by atoms with Crippen LogP contribution in [0.2, 0.25) is 0 Å².